The molecule has 0 aliphatic carbocycles. The van der Waals surface area contributed by atoms with Gasteiger partial charge in [0, 0.05) is 31.7 Å². The highest BCUT2D eigenvalue weighted by molar-refractivity contribution is 4.85. The largest absolute Gasteiger partial charge is 0.311 e. The van der Waals surface area contributed by atoms with Gasteiger partial charge in [0.25, 0.3) is 0 Å². The summed E-state index contributed by atoms with van der Waals surface area (Å²) < 4.78 is 0. The zero-order chi connectivity index (χ0) is 12.0. The van der Waals surface area contributed by atoms with Crippen LogP contribution in [0.1, 0.15) is 53.4 Å². The molecule has 3 atom stereocenters. The Morgan fingerprint density at radius 2 is 2.00 bits per heavy atom. The van der Waals surface area contributed by atoms with E-state index in [2.05, 4.69) is 37.9 Å². The Labute approximate surface area is 102 Å². The predicted octanol–water partition coefficient (Wildman–Crippen LogP) is 2.89. The van der Waals surface area contributed by atoms with E-state index in [1.807, 2.05) is 0 Å². The highest BCUT2D eigenvalue weighted by atomic mass is 15.2. The minimum atomic E-state index is 0.713. The summed E-state index contributed by atoms with van der Waals surface area (Å²) in [6, 6.07) is 1.53. The number of hydrogen-bond acceptors (Lipinski definition) is 2. The van der Waals surface area contributed by atoms with Gasteiger partial charge in [-0.05, 0) is 18.8 Å². The SMILES string of the molecule is CCCC(CC)N1CCNC(C(C)CC)C1. The second kappa shape index (κ2) is 7.29. The van der Waals surface area contributed by atoms with Gasteiger partial charge in [-0.15, -0.1) is 0 Å². The van der Waals surface area contributed by atoms with E-state index in [9.17, 15) is 0 Å². The second-order valence-corrected chi connectivity index (χ2v) is 5.29. The average molecular weight is 226 g/mol. The number of nitrogens with zero attached hydrogens (tertiary/aromatic N) is 1. The van der Waals surface area contributed by atoms with E-state index in [-0.39, 0.29) is 0 Å². The van der Waals surface area contributed by atoms with Crippen LogP contribution in [0.25, 0.3) is 0 Å². The van der Waals surface area contributed by atoms with Crippen LogP contribution in [0, 0.1) is 5.92 Å². The summed E-state index contributed by atoms with van der Waals surface area (Å²) in [5.41, 5.74) is 0. The van der Waals surface area contributed by atoms with Crippen LogP contribution in [0.4, 0.5) is 0 Å². The van der Waals surface area contributed by atoms with Crippen molar-refractivity contribution in [1.29, 1.82) is 0 Å². The summed E-state index contributed by atoms with van der Waals surface area (Å²) in [5.74, 6) is 0.807. The van der Waals surface area contributed by atoms with Gasteiger partial charge in [0.1, 0.15) is 0 Å². The topological polar surface area (TPSA) is 15.3 Å². The Bertz CT molecular complexity index is 182. The molecular formula is C14H30N2. The lowest BCUT2D eigenvalue weighted by atomic mass is 9.95. The van der Waals surface area contributed by atoms with Gasteiger partial charge >= 0.3 is 0 Å². The van der Waals surface area contributed by atoms with E-state index < -0.39 is 0 Å². The molecular weight excluding hydrogens is 196 g/mol. The van der Waals surface area contributed by atoms with Crippen molar-refractivity contribution in [3.05, 3.63) is 0 Å². The van der Waals surface area contributed by atoms with E-state index >= 15 is 0 Å². The molecule has 1 fully saturated rings. The van der Waals surface area contributed by atoms with Crippen molar-refractivity contribution in [2.24, 2.45) is 5.92 Å². The van der Waals surface area contributed by atoms with E-state index in [1.165, 1.54) is 45.3 Å². The fraction of sp³-hybridized carbons (Fsp3) is 1.00. The Hall–Kier alpha value is -0.0800. The van der Waals surface area contributed by atoms with Crippen molar-refractivity contribution in [1.82, 2.24) is 10.2 Å². The zero-order valence-electron chi connectivity index (χ0n) is 11.6. The normalized spacial score (nSPS) is 26.6. The molecule has 0 aromatic carbocycles. The van der Waals surface area contributed by atoms with Gasteiger partial charge in [0.2, 0.25) is 0 Å². The molecule has 1 saturated heterocycles. The Morgan fingerprint density at radius 3 is 2.56 bits per heavy atom. The van der Waals surface area contributed by atoms with Crippen LogP contribution in [0.2, 0.25) is 0 Å². The van der Waals surface area contributed by atoms with E-state index in [4.69, 9.17) is 0 Å². The molecule has 0 amide bonds. The lowest BCUT2D eigenvalue weighted by Crippen LogP contribution is -2.55. The average Bonchev–Trinajstić information content (AvgIpc) is 2.35. The van der Waals surface area contributed by atoms with Crippen molar-refractivity contribution in [2.75, 3.05) is 19.6 Å². The van der Waals surface area contributed by atoms with Crippen LogP contribution < -0.4 is 5.32 Å². The maximum absolute atomic E-state index is 3.68. The molecule has 1 N–H and O–H groups in total. The first kappa shape index (κ1) is 14.0. The molecule has 96 valence electrons. The molecule has 1 aliphatic rings. The minimum Gasteiger partial charge on any atom is -0.311 e. The van der Waals surface area contributed by atoms with Gasteiger partial charge in [-0.25, -0.2) is 0 Å². The summed E-state index contributed by atoms with van der Waals surface area (Å²) in [5, 5.41) is 3.68. The molecule has 2 heteroatoms. The van der Waals surface area contributed by atoms with Crippen LogP contribution in [0.5, 0.6) is 0 Å². The van der Waals surface area contributed by atoms with Gasteiger partial charge < -0.3 is 5.32 Å². The van der Waals surface area contributed by atoms with Gasteiger partial charge in [-0.2, -0.15) is 0 Å². The summed E-state index contributed by atoms with van der Waals surface area (Å²) in [6.07, 6.45) is 5.28. The first-order chi connectivity index (χ1) is 7.72. The lowest BCUT2D eigenvalue weighted by molar-refractivity contribution is 0.113. The quantitative estimate of drug-likeness (QED) is 0.749. The van der Waals surface area contributed by atoms with E-state index in [0.717, 1.165) is 12.0 Å². The molecule has 0 aromatic heterocycles. The molecule has 3 unspecified atom stereocenters. The van der Waals surface area contributed by atoms with Crippen molar-refractivity contribution in [3.63, 3.8) is 0 Å². The zero-order valence-corrected chi connectivity index (χ0v) is 11.6. The molecule has 2 nitrogen and oxygen atoms in total. The minimum absolute atomic E-state index is 0.713. The molecule has 0 saturated carbocycles. The first-order valence-corrected chi connectivity index (χ1v) is 7.20. The Morgan fingerprint density at radius 1 is 1.25 bits per heavy atom. The van der Waals surface area contributed by atoms with Crippen LogP contribution in [0.15, 0.2) is 0 Å². The predicted molar refractivity (Wildman–Crippen MR) is 71.8 cm³/mol. The molecule has 0 radical (unpaired) electrons. The maximum Gasteiger partial charge on any atom is 0.0221 e. The molecule has 1 aliphatic heterocycles. The van der Waals surface area contributed by atoms with Crippen LogP contribution in [-0.2, 0) is 0 Å². The molecule has 0 aromatic rings. The van der Waals surface area contributed by atoms with E-state index in [0.29, 0.717) is 6.04 Å². The van der Waals surface area contributed by atoms with Gasteiger partial charge in [-0.3, -0.25) is 4.90 Å². The molecule has 1 rings (SSSR count). The Kier molecular flexibility index (Phi) is 6.37. The van der Waals surface area contributed by atoms with Crippen LogP contribution >= 0.6 is 0 Å². The highest BCUT2D eigenvalue weighted by Crippen LogP contribution is 2.17. The maximum atomic E-state index is 3.68. The Balaban J connectivity index is 2.48. The third-order valence-electron chi connectivity index (χ3n) is 4.18. The van der Waals surface area contributed by atoms with Crippen molar-refractivity contribution < 1.29 is 0 Å². The number of piperazine rings is 1. The first-order valence-electron chi connectivity index (χ1n) is 7.20. The van der Waals surface area contributed by atoms with Crippen LogP contribution in [0.3, 0.4) is 0 Å². The van der Waals surface area contributed by atoms with Gasteiger partial charge in [0.15, 0.2) is 0 Å². The highest BCUT2D eigenvalue weighted by Gasteiger charge is 2.26. The van der Waals surface area contributed by atoms with Gasteiger partial charge in [0.05, 0.1) is 0 Å². The lowest BCUT2D eigenvalue weighted by Gasteiger charge is -2.40. The monoisotopic (exact) mass is 226 g/mol. The number of nitrogens with one attached hydrogen (secondary N) is 1. The smallest absolute Gasteiger partial charge is 0.0221 e. The van der Waals surface area contributed by atoms with Crippen molar-refractivity contribution in [3.8, 4) is 0 Å². The third-order valence-corrected chi connectivity index (χ3v) is 4.18. The summed E-state index contributed by atoms with van der Waals surface area (Å²) in [7, 11) is 0. The van der Waals surface area contributed by atoms with Gasteiger partial charge in [-0.1, -0.05) is 40.5 Å². The van der Waals surface area contributed by atoms with E-state index in [1.54, 1.807) is 0 Å². The standard InChI is InChI=1S/C14H30N2/c1-5-8-13(7-3)16-10-9-15-14(11-16)12(4)6-2/h12-15H,5-11H2,1-4H3. The van der Waals surface area contributed by atoms with Crippen molar-refractivity contribution in [2.45, 2.75) is 65.5 Å². The number of rotatable bonds is 6. The fourth-order valence-electron chi connectivity index (χ4n) is 2.78. The van der Waals surface area contributed by atoms with Crippen LogP contribution in [-0.4, -0.2) is 36.6 Å². The molecule has 0 bridgehead atoms. The molecule has 0 spiro atoms. The summed E-state index contributed by atoms with van der Waals surface area (Å²) >= 11 is 0. The fourth-order valence-corrected chi connectivity index (χ4v) is 2.78. The summed E-state index contributed by atoms with van der Waals surface area (Å²) in [4.78, 5) is 2.72. The molecule has 1 heterocycles. The van der Waals surface area contributed by atoms with Crippen molar-refractivity contribution >= 4 is 0 Å². The molecule has 16 heavy (non-hydrogen) atoms. The summed E-state index contributed by atoms with van der Waals surface area (Å²) in [6.45, 7) is 13.0. The number of hydrogen-bond donors (Lipinski definition) is 1. The second-order valence-electron chi connectivity index (χ2n) is 5.29. The third kappa shape index (κ3) is 3.74.